The van der Waals surface area contributed by atoms with Gasteiger partial charge in [0, 0.05) is 37.4 Å². The molecule has 0 saturated carbocycles. The number of anilines is 1. The van der Waals surface area contributed by atoms with E-state index in [0.29, 0.717) is 37.7 Å². The summed E-state index contributed by atoms with van der Waals surface area (Å²) in [7, 11) is 0. The fraction of sp³-hybridized carbons (Fsp3) is 0.364. The number of rotatable bonds is 5. The molecule has 1 aliphatic heterocycles. The smallest absolute Gasteiger partial charge is 0.244 e. The van der Waals surface area contributed by atoms with Crippen LogP contribution in [0.4, 0.5) is 14.7 Å². The minimum Gasteiger partial charge on any atom is -0.338 e. The monoisotopic (exact) mass is 426 g/mol. The zero-order chi connectivity index (χ0) is 22.0. The maximum Gasteiger partial charge on any atom is 0.244 e. The molecule has 1 fully saturated rings. The SMILES string of the molecule is CCc1cc(-c2ccc(F)c(C)c2)nn1CC(=O)N1CCN(c2ncc(F)cn2)CC1. The minimum atomic E-state index is -0.473. The fourth-order valence-electron chi connectivity index (χ4n) is 3.67. The molecule has 0 unspecified atom stereocenters. The Morgan fingerprint density at radius 3 is 2.42 bits per heavy atom. The van der Waals surface area contributed by atoms with E-state index in [2.05, 4.69) is 15.1 Å². The predicted octanol–water partition coefficient (Wildman–Crippen LogP) is 2.84. The Hall–Kier alpha value is -3.36. The number of halogens is 2. The van der Waals surface area contributed by atoms with Crippen LogP contribution in [0.1, 0.15) is 18.2 Å². The quantitative estimate of drug-likeness (QED) is 0.628. The molecule has 3 heterocycles. The van der Waals surface area contributed by atoms with Gasteiger partial charge in [-0.05, 0) is 43.2 Å². The van der Waals surface area contributed by atoms with Gasteiger partial charge in [0.05, 0.1) is 18.1 Å². The standard InChI is InChI=1S/C22H24F2N6O/c1-3-18-11-20(16-4-5-19(24)15(2)10-16)27-30(18)14-21(31)28-6-8-29(9-7-28)22-25-12-17(23)13-26-22/h4-5,10-13H,3,6-9,14H2,1-2H3. The van der Waals surface area contributed by atoms with Crippen LogP contribution < -0.4 is 4.90 Å². The first kappa shape index (κ1) is 20.9. The molecular weight excluding hydrogens is 402 g/mol. The number of piperazine rings is 1. The summed E-state index contributed by atoms with van der Waals surface area (Å²) < 4.78 is 28.3. The molecule has 1 saturated heterocycles. The van der Waals surface area contributed by atoms with Gasteiger partial charge in [-0.2, -0.15) is 5.10 Å². The van der Waals surface area contributed by atoms with Crippen molar-refractivity contribution in [1.29, 1.82) is 0 Å². The van der Waals surface area contributed by atoms with Crippen molar-refractivity contribution in [3.8, 4) is 11.3 Å². The van der Waals surface area contributed by atoms with Gasteiger partial charge in [-0.3, -0.25) is 9.48 Å². The van der Waals surface area contributed by atoms with Gasteiger partial charge in [-0.25, -0.2) is 18.7 Å². The summed E-state index contributed by atoms with van der Waals surface area (Å²) in [6.07, 6.45) is 3.02. The molecule has 0 bridgehead atoms. The van der Waals surface area contributed by atoms with Gasteiger partial charge in [-0.15, -0.1) is 0 Å². The normalized spacial score (nSPS) is 14.2. The van der Waals surface area contributed by atoms with Crippen LogP contribution >= 0.6 is 0 Å². The average Bonchev–Trinajstić information content (AvgIpc) is 3.19. The van der Waals surface area contributed by atoms with Crippen molar-refractivity contribution in [2.75, 3.05) is 31.1 Å². The Morgan fingerprint density at radius 1 is 1.06 bits per heavy atom. The van der Waals surface area contributed by atoms with Crippen LogP contribution in [0.25, 0.3) is 11.3 Å². The molecule has 0 atom stereocenters. The number of carbonyl (C=O) groups is 1. The highest BCUT2D eigenvalue weighted by molar-refractivity contribution is 5.76. The van der Waals surface area contributed by atoms with Gasteiger partial charge in [-0.1, -0.05) is 6.92 Å². The fourth-order valence-corrected chi connectivity index (χ4v) is 3.67. The Balaban J connectivity index is 1.42. The molecular formula is C22H24F2N6O. The van der Waals surface area contributed by atoms with E-state index in [4.69, 9.17) is 0 Å². The third kappa shape index (κ3) is 4.55. The lowest BCUT2D eigenvalue weighted by atomic mass is 10.1. The van der Waals surface area contributed by atoms with E-state index in [0.717, 1.165) is 35.8 Å². The maximum atomic E-state index is 13.6. The van der Waals surface area contributed by atoms with Crippen LogP contribution in [0.5, 0.6) is 0 Å². The Kier molecular flexibility index (Phi) is 5.92. The molecule has 0 aliphatic carbocycles. The zero-order valence-electron chi connectivity index (χ0n) is 17.6. The zero-order valence-corrected chi connectivity index (χ0v) is 17.6. The summed E-state index contributed by atoms with van der Waals surface area (Å²) >= 11 is 0. The molecule has 0 N–H and O–H groups in total. The molecule has 0 spiro atoms. The number of benzene rings is 1. The van der Waals surface area contributed by atoms with Crippen LogP contribution in [0, 0.1) is 18.6 Å². The predicted molar refractivity (Wildman–Crippen MR) is 113 cm³/mol. The molecule has 1 amide bonds. The molecule has 162 valence electrons. The van der Waals surface area contributed by atoms with Crippen molar-refractivity contribution >= 4 is 11.9 Å². The third-order valence-electron chi connectivity index (χ3n) is 5.49. The molecule has 2 aromatic heterocycles. The Bertz CT molecular complexity index is 1070. The second-order valence-electron chi connectivity index (χ2n) is 7.57. The largest absolute Gasteiger partial charge is 0.338 e. The topological polar surface area (TPSA) is 67.2 Å². The van der Waals surface area contributed by atoms with E-state index in [1.807, 2.05) is 17.9 Å². The summed E-state index contributed by atoms with van der Waals surface area (Å²) in [5.74, 6) is -0.273. The van der Waals surface area contributed by atoms with Gasteiger partial charge in [0.1, 0.15) is 12.4 Å². The van der Waals surface area contributed by atoms with Crippen LogP contribution in [-0.2, 0) is 17.8 Å². The molecule has 7 nitrogen and oxygen atoms in total. The van der Waals surface area contributed by atoms with Gasteiger partial charge in [0.25, 0.3) is 0 Å². The van der Waals surface area contributed by atoms with E-state index in [-0.39, 0.29) is 18.3 Å². The highest BCUT2D eigenvalue weighted by Gasteiger charge is 2.23. The first-order valence-corrected chi connectivity index (χ1v) is 10.3. The molecule has 3 aromatic rings. The highest BCUT2D eigenvalue weighted by atomic mass is 19.1. The lowest BCUT2D eigenvalue weighted by Crippen LogP contribution is -2.50. The number of hydrogen-bond acceptors (Lipinski definition) is 5. The van der Waals surface area contributed by atoms with Crippen LogP contribution in [0.3, 0.4) is 0 Å². The molecule has 9 heteroatoms. The molecule has 31 heavy (non-hydrogen) atoms. The van der Waals surface area contributed by atoms with Gasteiger partial charge >= 0.3 is 0 Å². The van der Waals surface area contributed by atoms with E-state index in [1.165, 1.54) is 6.07 Å². The van der Waals surface area contributed by atoms with Crippen molar-refractivity contribution in [3.05, 3.63) is 59.6 Å². The van der Waals surface area contributed by atoms with Crippen molar-refractivity contribution in [3.63, 3.8) is 0 Å². The first-order chi connectivity index (χ1) is 14.9. The van der Waals surface area contributed by atoms with Crippen molar-refractivity contribution in [2.24, 2.45) is 0 Å². The van der Waals surface area contributed by atoms with E-state index in [9.17, 15) is 13.6 Å². The van der Waals surface area contributed by atoms with Gasteiger partial charge in [0.2, 0.25) is 11.9 Å². The van der Waals surface area contributed by atoms with E-state index < -0.39 is 5.82 Å². The molecule has 4 rings (SSSR count). The number of amides is 1. The van der Waals surface area contributed by atoms with Crippen LogP contribution in [0.15, 0.2) is 36.7 Å². The summed E-state index contributed by atoms with van der Waals surface area (Å²) in [6, 6.07) is 6.85. The highest BCUT2D eigenvalue weighted by Crippen LogP contribution is 2.22. The van der Waals surface area contributed by atoms with Crippen LogP contribution in [-0.4, -0.2) is 56.7 Å². The Labute approximate surface area is 179 Å². The molecule has 1 aliphatic rings. The number of aromatic nitrogens is 4. The van der Waals surface area contributed by atoms with E-state index >= 15 is 0 Å². The van der Waals surface area contributed by atoms with Gasteiger partial charge in [0.15, 0.2) is 5.82 Å². The van der Waals surface area contributed by atoms with Gasteiger partial charge < -0.3 is 9.80 Å². The van der Waals surface area contributed by atoms with Crippen molar-refractivity contribution in [1.82, 2.24) is 24.6 Å². The molecule has 1 aromatic carbocycles. The van der Waals surface area contributed by atoms with E-state index in [1.54, 1.807) is 28.6 Å². The number of nitrogens with zero attached hydrogens (tertiary/aromatic N) is 6. The second-order valence-corrected chi connectivity index (χ2v) is 7.57. The number of carbonyl (C=O) groups excluding carboxylic acids is 1. The third-order valence-corrected chi connectivity index (χ3v) is 5.49. The molecule has 0 radical (unpaired) electrons. The van der Waals surface area contributed by atoms with Crippen molar-refractivity contribution < 1.29 is 13.6 Å². The minimum absolute atomic E-state index is 0.0145. The van der Waals surface area contributed by atoms with Crippen molar-refractivity contribution in [2.45, 2.75) is 26.8 Å². The Morgan fingerprint density at radius 2 is 1.77 bits per heavy atom. The second kappa shape index (κ2) is 8.79. The maximum absolute atomic E-state index is 13.6. The average molecular weight is 426 g/mol. The lowest BCUT2D eigenvalue weighted by molar-refractivity contribution is -0.132. The lowest BCUT2D eigenvalue weighted by Gasteiger charge is -2.34. The summed E-state index contributed by atoms with van der Waals surface area (Å²) in [4.78, 5) is 24.6. The summed E-state index contributed by atoms with van der Waals surface area (Å²) in [6.45, 7) is 6.11. The number of hydrogen-bond donors (Lipinski definition) is 0. The first-order valence-electron chi connectivity index (χ1n) is 10.3. The number of aryl methyl sites for hydroxylation is 2. The summed E-state index contributed by atoms with van der Waals surface area (Å²) in [5, 5.41) is 4.61. The van der Waals surface area contributed by atoms with Crippen LogP contribution in [0.2, 0.25) is 0 Å². The summed E-state index contributed by atoms with van der Waals surface area (Å²) in [5.41, 5.74) is 3.06.